The molecule has 0 bridgehead atoms. The standard InChI is InChI=1S/C13H17N5/c1-3-10-12-16-17-13(18(12)8-7-14-10)11-6-4-5-9(2)15-11/h4-6,10,14H,3,7-8H2,1-2H3. The van der Waals surface area contributed by atoms with Crippen molar-refractivity contribution < 1.29 is 0 Å². The van der Waals surface area contributed by atoms with Crippen LogP contribution < -0.4 is 5.32 Å². The highest BCUT2D eigenvalue weighted by atomic mass is 15.3. The largest absolute Gasteiger partial charge is 0.307 e. The van der Waals surface area contributed by atoms with E-state index in [2.05, 4.69) is 32.0 Å². The van der Waals surface area contributed by atoms with Crippen LogP contribution in [0.2, 0.25) is 0 Å². The maximum absolute atomic E-state index is 4.53. The molecule has 0 radical (unpaired) electrons. The Bertz CT molecular complexity index is 560. The number of rotatable bonds is 2. The van der Waals surface area contributed by atoms with Crippen molar-refractivity contribution >= 4 is 0 Å². The van der Waals surface area contributed by atoms with Gasteiger partial charge in [0.25, 0.3) is 0 Å². The Kier molecular flexibility index (Phi) is 2.83. The second-order valence-corrected chi connectivity index (χ2v) is 4.61. The first-order valence-corrected chi connectivity index (χ1v) is 6.40. The molecular weight excluding hydrogens is 226 g/mol. The summed E-state index contributed by atoms with van der Waals surface area (Å²) in [5.74, 6) is 1.91. The molecule has 0 aromatic carbocycles. The Morgan fingerprint density at radius 3 is 3.06 bits per heavy atom. The highest BCUT2D eigenvalue weighted by molar-refractivity contribution is 5.50. The molecule has 0 aliphatic carbocycles. The maximum Gasteiger partial charge on any atom is 0.182 e. The summed E-state index contributed by atoms with van der Waals surface area (Å²) in [5, 5.41) is 12.1. The van der Waals surface area contributed by atoms with Crippen LogP contribution in [0.15, 0.2) is 18.2 Å². The van der Waals surface area contributed by atoms with E-state index in [1.54, 1.807) is 0 Å². The van der Waals surface area contributed by atoms with E-state index in [1.165, 1.54) is 0 Å². The molecule has 2 aromatic heterocycles. The summed E-state index contributed by atoms with van der Waals surface area (Å²) < 4.78 is 2.19. The number of aryl methyl sites for hydroxylation is 1. The van der Waals surface area contributed by atoms with Gasteiger partial charge in [-0.15, -0.1) is 10.2 Å². The molecule has 0 spiro atoms. The van der Waals surface area contributed by atoms with Crippen molar-refractivity contribution in [2.24, 2.45) is 0 Å². The lowest BCUT2D eigenvalue weighted by atomic mass is 10.1. The fourth-order valence-corrected chi connectivity index (χ4v) is 2.42. The second-order valence-electron chi connectivity index (χ2n) is 4.61. The van der Waals surface area contributed by atoms with E-state index in [9.17, 15) is 0 Å². The van der Waals surface area contributed by atoms with Gasteiger partial charge in [-0.25, -0.2) is 4.98 Å². The van der Waals surface area contributed by atoms with Gasteiger partial charge in [0, 0.05) is 18.8 Å². The van der Waals surface area contributed by atoms with E-state index in [0.717, 1.165) is 42.5 Å². The molecule has 1 aliphatic heterocycles. The zero-order chi connectivity index (χ0) is 12.5. The Labute approximate surface area is 106 Å². The van der Waals surface area contributed by atoms with Gasteiger partial charge in [-0.3, -0.25) is 0 Å². The number of hydrogen-bond acceptors (Lipinski definition) is 4. The highest BCUT2D eigenvalue weighted by Gasteiger charge is 2.24. The lowest BCUT2D eigenvalue weighted by molar-refractivity contribution is 0.407. The number of aromatic nitrogens is 4. The van der Waals surface area contributed by atoms with Crippen LogP contribution >= 0.6 is 0 Å². The van der Waals surface area contributed by atoms with Gasteiger partial charge in [-0.1, -0.05) is 13.0 Å². The summed E-state index contributed by atoms with van der Waals surface area (Å²) in [6.45, 7) is 6.02. The Hall–Kier alpha value is -1.75. The molecule has 0 saturated carbocycles. The molecule has 0 saturated heterocycles. The average Bonchev–Trinajstić information content (AvgIpc) is 2.82. The monoisotopic (exact) mass is 243 g/mol. The second kappa shape index (κ2) is 4.49. The van der Waals surface area contributed by atoms with Crippen molar-refractivity contribution in [3.05, 3.63) is 29.7 Å². The van der Waals surface area contributed by atoms with Crippen LogP contribution in [0.5, 0.6) is 0 Å². The summed E-state index contributed by atoms with van der Waals surface area (Å²) in [6.07, 6.45) is 1.03. The molecule has 3 heterocycles. The molecule has 5 heteroatoms. The first-order chi connectivity index (χ1) is 8.79. The third-order valence-corrected chi connectivity index (χ3v) is 3.34. The topological polar surface area (TPSA) is 55.6 Å². The first kappa shape index (κ1) is 11.3. The molecule has 1 atom stereocenters. The first-order valence-electron chi connectivity index (χ1n) is 6.40. The molecule has 1 aliphatic rings. The number of pyridine rings is 1. The number of fused-ring (bicyclic) bond motifs is 1. The van der Waals surface area contributed by atoms with Gasteiger partial charge in [0.05, 0.1) is 6.04 Å². The summed E-state index contributed by atoms with van der Waals surface area (Å²) in [6, 6.07) is 6.31. The van der Waals surface area contributed by atoms with Crippen LogP contribution in [-0.2, 0) is 6.54 Å². The Balaban J connectivity index is 2.07. The van der Waals surface area contributed by atoms with Gasteiger partial charge in [0.1, 0.15) is 5.69 Å². The molecule has 94 valence electrons. The normalized spacial score (nSPS) is 18.7. The fraction of sp³-hybridized carbons (Fsp3) is 0.462. The van der Waals surface area contributed by atoms with Crippen LogP contribution in [0.3, 0.4) is 0 Å². The van der Waals surface area contributed by atoms with Crippen LogP contribution in [0.25, 0.3) is 11.5 Å². The number of nitrogens with one attached hydrogen (secondary N) is 1. The minimum Gasteiger partial charge on any atom is -0.307 e. The van der Waals surface area contributed by atoms with Crippen LogP contribution in [0, 0.1) is 6.92 Å². The lowest BCUT2D eigenvalue weighted by Crippen LogP contribution is -2.33. The van der Waals surface area contributed by atoms with Gasteiger partial charge in [0.15, 0.2) is 11.6 Å². The number of nitrogens with zero attached hydrogens (tertiary/aromatic N) is 4. The molecule has 0 amide bonds. The molecule has 5 nitrogen and oxygen atoms in total. The third kappa shape index (κ3) is 1.80. The zero-order valence-electron chi connectivity index (χ0n) is 10.7. The fourth-order valence-electron chi connectivity index (χ4n) is 2.42. The maximum atomic E-state index is 4.53. The third-order valence-electron chi connectivity index (χ3n) is 3.34. The predicted octanol–water partition coefficient (Wildman–Crippen LogP) is 1.70. The van der Waals surface area contributed by atoms with Crippen molar-refractivity contribution in [1.29, 1.82) is 0 Å². The van der Waals surface area contributed by atoms with Crippen molar-refractivity contribution in [2.75, 3.05) is 6.54 Å². The molecular formula is C13H17N5. The smallest absolute Gasteiger partial charge is 0.182 e. The van der Waals surface area contributed by atoms with Crippen molar-refractivity contribution in [3.63, 3.8) is 0 Å². The minimum atomic E-state index is 0.310. The minimum absolute atomic E-state index is 0.310. The zero-order valence-corrected chi connectivity index (χ0v) is 10.7. The van der Waals surface area contributed by atoms with Gasteiger partial charge in [0.2, 0.25) is 0 Å². The van der Waals surface area contributed by atoms with Gasteiger partial charge >= 0.3 is 0 Å². The number of hydrogen-bond donors (Lipinski definition) is 1. The van der Waals surface area contributed by atoms with Crippen molar-refractivity contribution in [2.45, 2.75) is 32.9 Å². The van der Waals surface area contributed by atoms with Gasteiger partial charge in [-0.05, 0) is 25.5 Å². The molecule has 1 unspecified atom stereocenters. The Morgan fingerprint density at radius 2 is 2.28 bits per heavy atom. The van der Waals surface area contributed by atoms with Crippen LogP contribution in [0.4, 0.5) is 0 Å². The highest BCUT2D eigenvalue weighted by Crippen LogP contribution is 2.24. The van der Waals surface area contributed by atoms with E-state index in [-0.39, 0.29) is 0 Å². The summed E-state index contributed by atoms with van der Waals surface area (Å²) in [7, 11) is 0. The van der Waals surface area contributed by atoms with E-state index < -0.39 is 0 Å². The average molecular weight is 243 g/mol. The Morgan fingerprint density at radius 1 is 1.39 bits per heavy atom. The molecule has 0 fully saturated rings. The molecule has 1 N–H and O–H groups in total. The van der Waals surface area contributed by atoms with Crippen molar-refractivity contribution in [1.82, 2.24) is 25.1 Å². The molecule has 2 aromatic rings. The van der Waals surface area contributed by atoms with Gasteiger partial charge in [-0.2, -0.15) is 0 Å². The quantitative estimate of drug-likeness (QED) is 0.872. The van der Waals surface area contributed by atoms with E-state index >= 15 is 0 Å². The predicted molar refractivity (Wildman–Crippen MR) is 69.0 cm³/mol. The lowest BCUT2D eigenvalue weighted by Gasteiger charge is -2.23. The summed E-state index contributed by atoms with van der Waals surface area (Å²) in [4.78, 5) is 4.53. The van der Waals surface area contributed by atoms with Crippen LogP contribution in [0.1, 0.15) is 30.9 Å². The van der Waals surface area contributed by atoms with E-state index in [0.29, 0.717) is 6.04 Å². The van der Waals surface area contributed by atoms with E-state index in [4.69, 9.17) is 0 Å². The summed E-state index contributed by atoms with van der Waals surface area (Å²) in [5.41, 5.74) is 1.91. The van der Waals surface area contributed by atoms with Crippen LogP contribution in [-0.4, -0.2) is 26.3 Å². The molecule has 18 heavy (non-hydrogen) atoms. The summed E-state index contributed by atoms with van der Waals surface area (Å²) >= 11 is 0. The SMILES string of the molecule is CCC1NCCn2c(-c3cccc(C)n3)nnc21. The molecule has 3 rings (SSSR count). The van der Waals surface area contributed by atoms with Gasteiger partial charge < -0.3 is 9.88 Å². The van der Waals surface area contributed by atoms with Crippen molar-refractivity contribution in [3.8, 4) is 11.5 Å². The van der Waals surface area contributed by atoms with E-state index in [1.807, 2.05) is 25.1 Å².